The Morgan fingerprint density at radius 2 is 2.03 bits per heavy atom. The highest BCUT2D eigenvalue weighted by Crippen LogP contribution is 2.43. The summed E-state index contributed by atoms with van der Waals surface area (Å²) in [5, 5.41) is 17.4. The van der Waals surface area contributed by atoms with E-state index in [0.29, 0.717) is 41.1 Å². The normalized spacial score (nSPS) is 18.4. The number of pyridine rings is 1. The number of nitrogens with one attached hydrogen (secondary N) is 2. The van der Waals surface area contributed by atoms with E-state index in [9.17, 15) is 19.7 Å². The van der Waals surface area contributed by atoms with Crippen molar-refractivity contribution in [2.24, 2.45) is 0 Å². The van der Waals surface area contributed by atoms with E-state index in [1.165, 1.54) is 12.1 Å². The van der Waals surface area contributed by atoms with Gasteiger partial charge in [-0.1, -0.05) is 18.2 Å². The Hall–Kier alpha value is -3.81. The number of hydrogen-bond donors (Lipinski definition) is 2. The van der Waals surface area contributed by atoms with Crippen LogP contribution in [-0.2, 0) is 9.59 Å². The highest BCUT2D eigenvalue weighted by Gasteiger charge is 2.38. The monoisotopic (exact) mass is 418 g/mol. The van der Waals surface area contributed by atoms with Gasteiger partial charge >= 0.3 is 0 Å². The number of Topliss-reactive ketones (excluding diaryl/α,β-unsaturated/α-hetero) is 1. The van der Waals surface area contributed by atoms with Crippen molar-refractivity contribution < 1.29 is 14.5 Å². The smallest absolute Gasteiger partial charge is 0.269 e. The second-order valence-electron chi connectivity index (χ2n) is 7.79. The molecule has 2 heterocycles. The van der Waals surface area contributed by atoms with E-state index in [-0.39, 0.29) is 11.5 Å². The molecule has 1 aliphatic heterocycles. The number of aromatic nitrogens is 1. The number of carbonyl (C=O) groups is 2. The number of nitrogens with zero attached hydrogens (tertiary/aromatic N) is 2. The summed E-state index contributed by atoms with van der Waals surface area (Å²) in [7, 11) is 0. The molecule has 2 aromatic rings. The third kappa shape index (κ3) is 3.96. The van der Waals surface area contributed by atoms with Crippen LogP contribution in [-0.4, -0.2) is 21.6 Å². The first-order valence-corrected chi connectivity index (χ1v) is 10.1. The van der Waals surface area contributed by atoms with Gasteiger partial charge in [0, 0.05) is 53.2 Å². The van der Waals surface area contributed by atoms with E-state index in [0.717, 1.165) is 17.7 Å². The molecule has 1 aliphatic carbocycles. The molecule has 8 nitrogen and oxygen atoms in total. The zero-order chi connectivity index (χ0) is 22.1. The number of ketones is 1. The number of allylic oxidation sites excluding steroid dienone is 3. The van der Waals surface area contributed by atoms with E-state index in [1.807, 2.05) is 13.0 Å². The number of hydrogen-bond acceptors (Lipinski definition) is 6. The molecule has 2 aliphatic rings. The summed E-state index contributed by atoms with van der Waals surface area (Å²) < 4.78 is 0. The first kappa shape index (κ1) is 20.5. The molecule has 158 valence electrons. The Bertz CT molecular complexity index is 1150. The minimum atomic E-state index is -0.686. The second kappa shape index (κ2) is 8.14. The van der Waals surface area contributed by atoms with Crippen molar-refractivity contribution in [1.82, 2.24) is 10.3 Å². The van der Waals surface area contributed by atoms with Gasteiger partial charge in [0.05, 0.1) is 4.92 Å². The van der Waals surface area contributed by atoms with Gasteiger partial charge in [0.2, 0.25) is 0 Å². The van der Waals surface area contributed by atoms with E-state index in [1.54, 1.807) is 31.3 Å². The fraction of sp³-hybridized carbons (Fsp3) is 0.261. The van der Waals surface area contributed by atoms with Crippen molar-refractivity contribution in [3.63, 3.8) is 0 Å². The van der Waals surface area contributed by atoms with Crippen LogP contribution >= 0.6 is 0 Å². The van der Waals surface area contributed by atoms with Gasteiger partial charge in [0.15, 0.2) is 5.78 Å². The molecular weight excluding hydrogens is 396 g/mol. The van der Waals surface area contributed by atoms with Gasteiger partial charge in [0.25, 0.3) is 11.6 Å². The van der Waals surface area contributed by atoms with Gasteiger partial charge in [-0.2, -0.15) is 0 Å². The molecule has 1 aromatic heterocycles. The molecule has 1 atom stereocenters. The third-order valence-electron chi connectivity index (χ3n) is 5.59. The van der Waals surface area contributed by atoms with Gasteiger partial charge in [-0.3, -0.25) is 19.7 Å². The van der Waals surface area contributed by atoms with Gasteiger partial charge in [-0.05, 0) is 43.9 Å². The largest absolute Gasteiger partial charge is 0.362 e. The molecule has 1 amide bonds. The molecule has 2 N–H and O–H groups in total. The Morgan fingerprint density at radius 3 is 2.74 bits per heavy atom. The first-order valence-electron chi connectivity index (χ1n) is 10.1. The molecule has 0 bridgehead atoms. The van der Waals surface area contributed by atoms with Gasteiger partial charge in [0.1, 0.15) is 5.82 Å². The predicted molar refractivity (Wildman–Crippen MR) is 115 cm³/mol. The first-order chi connectivity index (χ1) is 14.8. The zero-order valence-corrected chi connectivity index (χ0v) is 17.3. The van der Waals surface area contributed by atoms with Crippen LogP contribution in [0.3, 0.4) is 0 Å². The molecule has 8 heteroatoms. The number of benzene rings is 1. The number of nitro benzene ring substituents is 1. The van der Waals surface area contributed by atoms with Crippen LogP contribution in [0, 0.1) is 17.0 Å². The third-order valence-corrected chi connectivity index (χ3v) is 5.59. The summed E-state index contributed by atoms with van der Waals surface area (Å²) in [4.78, 5) is 41.3. The van der Waals surface area contributed by atoms with Crippen molar-refractivity contribution in [3.8, 4) is 0 Å². The van der Waals surface area contributed by atoms with Crippen LogP contribution in [0.4, 0.5) is 11.5 Å². The fourth-order valence-electron chi connectivity index (χ4n) is 4.16. The van der Waals surface area contributed by atoms with Gasteiger partial charge in [-0.15, -0.1) is 0 Å². The summed E-state index contributed by atoms with van der Waals surface area (Å²) in [5.41, 5.74) is 3.70. The topological polar surface area (TPSA) is 114 Å². The Labute approximate surface area is 179 Å². The highest BCUT2D eigenvalue weighted by molar-refractivity contribution is 6.09. The average molecular weight is 418 g/mol. The minimum absolute atomic E-state index is 0.0449. The van der Waals surface area contributed by atoms with Crippen LogP contribution in [0.25, 0.3) is 0 Å². The summed E-state index contributed by atoms with van der Waals surface area (Å²) in [5.74, 6) is -0.739. The maximum absolute atomic E-state index is 13.3. The fourth-order valence-corrected chi connectivity index (χ4v) is 4.16. The Kier molecular flexibility index (Phi) is 5.37. The molecule has 0 spiro atoms. The van der Waals surface area contributed by atoms with Crippen molar-refractivity contribution in [1.29, 1.82) is 0 Å². The van der Waals surface area contributed by atoms with Crippen molar-refractivity contribution in [3.05, 3.63) is 86.4 Å². The SMILES string of the molecule is CC1=C(C(=O)Nc2ccc(C)cn2)[C@H](c2cccc([N+](=O)[O-])c2)C2=C(CCCC2=O)N1. The number of carbonyl (C=O) groups excluding carboxylic acids is 2. The lowest BCUT2D eigenvalue weighted by atomic mass is 9.75. The lowest BCUT2D eigenvalue weighted by Gasteiger charge is -2.34. The Balaban J connectivity index is 1.80. The number of non-ortho nitro benzene ring substituents is 1. The second-order valence-corrected chi connectivity index (χ2v) is 7.79. The van der Waals surface area contributed by atoms with E-state index in [2.05, 4.69) is 15.6 Å². The van der Waals surface area contributed by atoms with Crippen molar-refractivity contribution >= 4 is 23.2 Å². The molecule has 31 heavy (non-hydrogen) atoms. The van der Waals surface area contributed by atoms with Crippen LogP contribution in [0.2, 0.25) is 0 Å². The molecule has 4 rings (SSSR count). The minimum Gasteiger partial charge on any atom is -0.362 e. The van der Waals surface area contributed by atoms with Crippen LogP contribution < -0.4 is 10.6 Å². The van der Waals surface area contributed by atoms with E-state index < -0.39 is 16.7 Å². The number of nitro groups is 1. The molecule has 1 aromatic carbocycles. The quantitative estimate of drug-likeness (QED) is 0.575. The van der Waals surface area contributed by atoms with E-state index >= 15 is 0 Å². The zero-order valence-electron chi connectivity index (χ0n) is 17.3. The van der Waals surface area contributed by atoms with Crippen LogP contribution in [0.1, 0.15) is 43.2 Å². The summed E-state index contributed by atoms with van der Waals surface area (Å²) >= 11 is 0. The molecule has 0 unspecified atom stereocenters. The van der Waals surface area contributed by atoms with Crippen molar-refractivity contribution in [2.45, 2.75) is 39.0 Å². The molecule has 0 radical (unpaired) electrons. The number of aryl methyl sites for hydroxylation is 1. The molecule has 0 fully saturated rings. The van der Waals surface area contributed by atoms with Gasteiger partial charge in [-0.25, -0.2) is 4.98 Å². The van der Waals surface area contributed by atoms with Gasteiger partial charge < -0.3 is 10.6 Å². The molecule has 0 saturated heterocycles. The number of dihydropyridines is 1. The maximum atomic E-state index is 13.3. The number of anilines is 1. The molecular formula is C23H22N4O4. The van der Waals surface area contributed by atoms with Crippen LogP contribution in [0.5, 0.6) is 0 Å². The average Bonchev–Trinajstić information content (AvgIpc) is 2.74. The van der Waals surface area contributed by atoms with Crippen molar-refractivity contribution in [2.75, 3.05) is 5.32 Å². The summed E-state index contributed by atoms with van der Waals surface area (Å²) in [6.45, 7) is 3.68. The lowest BCUT2D eigenvalue weighted by Crippen LogP contribution is -2.35. The highest BCUT2D eigenvalue weighted by atomic mass is 16.6. The molecule has 0 saturated carbocycles. The number of amides is 1. The lowest BCUT2D eigenvalue weighted by molar-refractivity contribution is -0.384. The van der Waals surface area contributed by atoms with Crippen LogP contribution in [0.15, 0.2) is 65.1 Å². The summed E-state index contributed by atoms with van der Waals surface area (Å²) in [6, 6.07) is 9.68. The Morgan fingerprint density at radius 1 is 1.23 bits per heavy atom. The van der Waals surface area contributed by atoms with E-state index in [4.69, 9.17) is 0 Å². The maximum Gasteiger partial charge on any atom is 0.269 e. The summed E-state index contributed by atoms with van der Waals surface area (Å²) in [6.07, 6.45) is 3.46. The predicted octanol–water partition coefficient (Wildman–Crippen LogP) is 3.90. The standard InChI is InChI=1S/C23H22N4O4/c1-13-9-10-19(24-12-13)26-23(29)20-14(2)25-17-7-4-8-18(28)22(17)21(20)15-5-3-6-16(11-15)27(30)31/h3,5-6,9-12,21,25H,4,7-8H2,1-2H3,(H,24,26,29)/t21-/m0/s1. The number of rotatable bonds is 4.